The molecule has 3 unspecified atom stereocenters. The molecule has 0 aromatic rings. The molecule has 2 aliphatic carbocycles. The maximum absolute atomic E-state index is 5.91. The first-order chi connectivity index (χ1) is 8.27. The predicted molar refractivity (Wildman–Crippen MR) is 72.2 cm³/mol. The third-order valence-electron chi connectivity index (χ3n) is 5.40. The fourth-order valence-corrected chi connectivity index (χ4v) is 4.22. The second-order valence-corrected chi connectivity index (χ2v) is 6.01. The van der Waals surface area contributed by atoms with E-state index in [9.17, 15) is 0 Å². The van der Waals surface area contributed by atoms with Crippen LogP contribution in [0.2, 0.25) is 0 Å². The second-order valence-electron chi connectivity index (χ2n) is 6.01. The number of methoxy groups -OCH3 is 1. The Kier molecular flexibility index (Phi) is 4.48. The van der Waals surface area contributed by atoms with Crippen molar-refractivity contribution < 1.29 is 4.74 Å². The zero-order valence-electron chi connectivity index (χ0n) is 11.8. The van der Waals surface area contributed by atoms with Crippen LogP contribution in [0.3, 0.4) is 0 Å². The lowest BCUT2D eigenvalue weighted by atomic mass is 9.64. The lowest BCUT2D eigenvalue weighted by Crippen LogP contribution is -2.60. The van der Waals surface area contributed by atoms with E-state index in [1.807, 2.05) is 7.11 Å². The molecule has 2 saturated carbocycles. The van der Waals surface area contributed by atoms with Crippen molar-refractivity contribution in [1.82, 2.24) is 5.32 Å². The fourth-order valence-electron chi connectivity index (χ4n) is 4.22. The van der Waals surface area contributed by atoms with Crippen molar-refractivity contribution in [2.24, 2.45) is 11.8 Å². The first kappa shape index (κ1) is 13.4. The van der Waals surface area contributed by atoms with E-state index in [4.69, 9.17) is 4.74 Å². The molecular formula is C15H29NO. The van der Waals surface area contributed by atoms with Gasteiger partial charge in [0.25, 0.3) is 0 Å². The normalized spacial score (nSPS) is 34.1. The number of nitrogens with one attached hydrogen (secondary N) is 1. The molecule has 0 radical (unpaired) electrons. The summed E-state index contributed by atoms with van der Waals surface area (Å²) in [5.74, 6) is 1.74. The smallest absolute Gasteiger partial charge is 0.0833 e. The number of hydrogen-bond acceptors (Lipinski definition) is 2. The summed E-state index contributed by atoms with van der Waals surface area (Å²) >= 11 is 0. The van der Waals surface area contributed by atoms with Gasteiger partial charge in [-0.05, 0) is 44.6 Å². The lowest BCUT2D eigenvalue weighted by Gasteiger charge is -2.51. The standard InChI is InChI=1S/C15H29NO/c1-4-12-8-5-6-9-13(12)14(16-2)15(17-3)10-7-11-15/h12-14,16H,4-11H2,1-3H3. The molecular weight excluding hydrogens is 210 g/mol. The Labute approximate surface area is 107 Å². The van der Waals surface area contributed by atoms with Crippen LogP contribution in [-0.4, -0.2) is 25.8 Å². The average molecular weight is 239 g/mol. The van der Waals surface area contributed by atoms with Gasteiger partial charge in [-0.3, -0.25) is 0 Å². The van der Waals surface area contributed by atoms with Gasteiger partial charge in [-0.25, -0.2) is 0 Å². The number of hydrogen-bond donors (Lipinski definition) is 1. The first-order valence-corrected chi connectivity index (χ1v) is 7.50. The largest absolute Gasteiger partial charge is 0.377 e. The Balaban J connectivity index is 2.10. The number of ether oxygens (including phenoxy) is 1. The SMILES string of the molecule is CCC1CCCCC1C(NC)C1(OC)CCC1. The highest BCUT2D eigenvalue weighted by Gasteiger charge is 2.48. The van der Waals surface area contributed by atoms with E-state index in [-0.39, 0.29) is 5.60 Å². The number of likely N-dealkylation sites (N-methyl/N-ethyl adjacent to an activating group) is 1. The maximum Gasteiger partial charge on any atom is 0.0833 e. The lowest BCUT2D eigenvalue weighted by molar-refractivity contribution is -0.119. The molecule has 2 nitrogen and oxygen atoms in total. The molecule has 0 saturated heterocycles. The molecule has 0 spiro atoms. The van der Waals surface area contributed by atoms with E-state index >= 15 is 0 Å². The van der Waals surface area contributed by atoms with Gasteiger partial charge in [0, 0.05) is 13.2 Å². The van der Waals surface area contributed by atoms with Gasteiger partial charge in [0.05, 0.1) is 5.60 Å². The third-order valence-corrected chi connectivity index (χ3v) is 5.40. The van der Waals surface area contributed by atoms with Gasteiger partial charge in [0.1, 0.15) is 0 Å². The average Bonchev–Trinajstić information content (AvgIpc) is 2.33. The molecule has 0 heterocycles. The van der Waals surface area contributed by atoms with Crippen LogP contribution in [-0.2, 0) is 4.74 Å². The van der Waals surface area contributed by atoms with Crippen LogP contribution >= 0.6 is 0 Å². The molecule has 0 bridgehead atoms. The Morgan fingerprint density at radius 3 is 2.41 bits per heavy atom. The molecule has 2 fully saturated rings. The Hall–Kier alpha value is -0.0800. The highest BCUT2D eigenvalue weighted by molar-refractivity contribution is 5.03. The minimum Gasteiger partial charge on any atom is -0.377 e. The van der Waals surface area contributed by atoms with Crippen LogP contribution in [0.15, 0.2) is 0 Å². The Bertz CT molecular complexity index is 232. The molecule has 17 heavy (non-hydrogen) atoms. The molecule has 100 valence electrons. The van der Waals surface area contributed by atoms with Crippen LogP contribution in [0.1, 0.15) is 58.3 Å². The molecule has 1 N–H and O–H groups in total. The van der Waals surface area contributed by atoms with Gasteiger partial charge in [0.2, 0.25) is 0 Å². The summed E-state index contributed by atoms with van der Waals surface area (Å²) in [5.41, 5.74) is 0.157. The van der Waals surface area contributed by atoms with Crippen molar-refractivity contribution in [1.29, 1.82) is 0 Å². The van der Waals surface area contributed by atoms with Crippen LogP contribution in [0.4, 0.5) is 0 Å². The van der Waals surface area contributed by atoms with Crippen molar-refractivity contribution in [3.8, 4) is 0 Å². The number of rotatable bonds is 5. The summed E-state index contributed by atoms with van der Waals surface area (Å²) in [5, 5.41) is 3.60. The van der Waals surface area contributed by atoms with Crippen molar-refractivity contribution in [2.75, 3.05) is 14.2 Å². The quantitative estimate of drug-likeness (QED) is 0.794. The van der Waals surface area contributed by atoms with Crippen molar-refractivity contribution >= 4 is 0 Å². The zero-order valence-corrected chi connectivity index (χ0v) is 11.8. The second kappa shape index (κ2) is 5.71. The van der Waals surface area contributed by atoms with Gasteiger partial charge in [-0.15, -0.1) is 0 Å². The molecule has 2 heteroatoms. The third kappa shape index (κ3) is 2.39. The summed E-state index contributed by atoms with van der Waals surface area (Å²) in [6, 6.07) is 0.575. The van der Waals surface area contributed by atoms with Crippen LogP contribution in [0.5, 0.6) is 0 Å². The van der Waals surface area contributed by atoms with Crippen LogP contribution in [0.25, 0.3) is 0 Å². The molecule has 0 amide bonds. The summed E-state index contributed by atoms with van der Waals surface area (Å²) in [7, 11) is 4.04. The van der Waals surface area contributed by atoms with E-state index in [0.29, 0.717) is 6.04 Å². The van der Waals surface area contributed by atoms with Gasteiger partial charge >= 0.3 is 0 Å². The zero-order chi connectivity index (χ0) is 12.3. The van der Waals surface area contributed by atoms with E-state index < -0.39 is 0 Å². The predicted octanol–water partition coefficient (Wildman–Crippen LogP) is 3.36. The van der Waals surface area contributed by atoms with E-state index in [1.165, 1.54) is 51.4 Å². The molecule has 0 aromatic carbocycles. The molecule has 3 atom stereocenters. The Morgan fingerprint density at radius 2 is 1.94 bits per heavy atom. The molecule has 0 aromatic heterocycles. The van der Waals surface area contributed by atoms with Gasteiger partial charge < -0.3 is 10.1 Å². The molecule has 0 aliphatic heterocycles. The van der Waals surface area contributed by atoms with E-state index in [1.54, 1.807) is 0 Å². The summed E-state index contributed by atoms with van der Waals surface area (Å²) in [4.78, 5) is 0. The fraction of sp³-hybridized carbons (Fsp3) is 1.00. The van der Waals surface area contributed by atoms with Crippen LogP contribution in [0, 0.1) is 11.8 Å². The summed E-state index contributed by atoms with van der Waals surface area (Å²) < 4.78 is 5.91. The first-order valence-electron chi connectivity index (χ1n) is 7.50. The van der Waals surface area contributed by atoms with E-state index in [0.717, 1.165) is 11.8 Å². The summed E-state index contributed by atoms with van der Waals surface area (Å²) in [6.07, 6.45) is 10.9. The topological polar surface area (TPSA) is 21.3 Å². The van der Waals surface area contributed by atoms with Crippen molar-refractivity contribution in [3.63, 3.8) is 0 Å². The molecule has 2 aliphatic rings. The minimum absolute atomic E-state index is 0.157. The maximum atomic E-state index is 5.91. The minimum atomic E-state index is 0.157. The van der Waals surface area contributed by atoms with Gasteiger partial charge in [-0.2, -0.15) is 0 Å². The van der Waals surface area contributed by atoms with Crippen molar-refractivity contribution in [3.05, 3.63) is 0 Å². The Morgan fingerprint density at radius 1 is 1.24 bits per heavy atom. The van der Waals surface area contributed by atoms with Gasteiger partial charge in [-0.1, -0.05) is 32.6 Å². The summed E-state index contributed by atoms with van der Waals surface area (Å²) in [6.45, 7) is 2.36. The van der Waals surface area contributed by atoms with Gasteiger partial charge in [0.15, 0.2) is 0 Å². The highest BCUT2D eigenvalue weighted by Crippen LogP contribution is 2.45. The van der Waals surface area contributed by atoms with Crippen molar-refractivity contribution in [2.45, 2.75) is 69.9 Å². The monoisotopic (exact) mass is 239 g/mol. The molecule has 2 rings (SSSR count). The van der Waals surface area contributed by atoms with E-state index in [2.05, 4.69) is 19.3 Å². The highest BCUT2D eigenvalue weighted by atomic mass is 16.5. The van der Waals surface area contributed by atoms with Crippen LogP contribution < -0.4 is 5.32 Å².